The third-order valence-electron chi connectivity index (χ3n) is 2.76. The normalized spacial score (nSPS) is 10.3. The number of nitrogens with zero attached hydrogens (tertiary/aromatic N) is 1. The summed E-state index contributed by atoms with van der Waals surface area (Å²) in [5.41, 5.74) is 1.16. The van der Waals surface area contributed by atoms with E-state index in [1.807, 2.05) is 18.4 Å². The summed E-state index contributed by atoms with van der Waals surface area (Å²) in [5, 5.41) is 4.94. The minimum absolute atomic E-state index is 0.114. The topological polar surface area (TPSA) is 68.3 Å². The molecule has 0 radical (unpaired) electrons. The lowest BCUT2D eigenvalue weighted by Gasteiger charge is -2.02. The molecular weight excluding hydrogens is 320 g/mol. The lowest BCUT2D eigenvalue weighted by molar-refractivity contribution is -0.142. The summed E-state index contributed by atoms with van der Waals surface area (Å²) in [7, 11) is 0. The fourth-order valence-corrected chi connectivity index (χ4v) is 2.83. The van der Waals surface area contributed by atoms with Gasteiger partial charge in [0.05, 0.1) is 18.7 Å². The van der Waals surface area contributed by atoms with E-state index in [1.165, 1.54) is 11.3 Å². The maximum atomic E-state index is 12.1. The first-order valence-corrected chi connectivity index (χ1v) is 8.78. The van der Waals surface area contributed by atoms with E-state index in [4.69, 9.17) is 4.74 Å². The summed E-state index contributed by atoms with van der Waals surface area (Å²) in [6.07, 6.45) is 2.10. The number of benzene rings is 1. The van der Waals surface area contributed by atoms with Crippen molar-refractivity contribution >= 4 is 40.1 Å². The fraction of sp³-hybridized carbons (Fsp3) is 0.267. The Labute approximate surface area is 137 Å². The number of thioether (sulfide) groups is 1. The highest BCUT2D eigenvalue weighted by Gasteiger charge is 2.11. The molecule has 0 atom stereocenters. The Morgan fingerprint density at radius 2 is 2.05 bits per heavy atom. The number of ether oxygens (including phenoxy) is 1. The summed E-state index contributed by atoms with van der Waals surface area (Å²) in [4.78, 5) is 28.8. The number of amides is 1. The number of rotatable bonds is 6. The molecule has 2 rings (SSSR count). The first kappa shape index (κ1) is 16.5. The zero-order valence-electron chi connectivity index (χ0n) is 12.3. The fourth-order valence-electron chi connectivity index (χ4n) is 1.72. The van der Waals surface area contributed by atoms with Crippen molar-refractivity contribution < 1.29 is 14.3 Å². The van der Waals surface area contributed by atoms with Gasteiger partial charge in [-0.1, -0.05) is 0 Å². The molecule has 0 saturated heterocycles. The van der Waals surface area contributed by atoms with Crippen molar-refractivity contribution in [1.82, 2.24) is 4.98 Å². The van der Waals surface area contributed by atoms with E-state index in [-0.39, 0.29) is 18.3 Å². The minimum atomic E-state index is -0.321. The highest BCUT2D eigenvalue weighted by Crippen LogP contribution is 2.19. The molecule has 0 aliphatic rings. The van der Waals surface area contributed by atoms with Crippen molar-refractivity contribution in [3.05, 3.63) is 40.9 Å². The number of carbonyl (C=O) groups is 2. The second-order valence-corrected chi connectivity index (χ2v) is 6.05. The van der Waals surface area contributed by atoms with E-state index in [2.05, 4.69) is 10.3 Å². The van der Waals surface area contributed by atoms with Crippen molar-refractivity contribution in [2.75, 3.05) is 18.2 Å². The average Bonchev–Trinajstić information content (AvgIpc) is 2.94. The Morgan fingerprint density at radius 3 is 2.68 bits per heavy atom. The van der Waals surface area contributed by atoms with Crippen LogP contribution >= 0.6 is 23.1 Å². The minimum Gasteiger partial charge on any atom is -0.466 e. The number of anilines is 1. The molecule has 0 fully saturated rings. The van der Waals surface area contributed by atoms with Gasteiger partial charge < -0.3 is 4.74 Å². The van der Waals surface area contributed by atoms with E-state index in [0.717, 1.165) is 4.90 Å². The van der Waals surface area contributed by atoms with Crippen LogP contribution in [-0.2, 0) is 16.0 Å². The molecule has 22 heavy (non-hydrogen) atoms. The van der Waals surface area contributed by atoms with E-state index in [9.17, 15) is 9.59 Å². The maximum absolute atomic E-state index is 12.1. The van der Waals surface area contributed by atoms with E-state index >= 15 is 0 Å². The molecule has 116 valence electrons. The predicted molar refractivity (Wildman–Crippen MR) is 88.6 cm³/mol. The summed E-state index contributed by atoms with van der Waals surface area (Å²) >= 11 is 2.91. The molecular formula is C15H16N2O3S2. The molecule has 0 unspecified atom stereocenters. The van der Waals surface area contributed by atoms with Crippen LogP contribution < -0.4 is 5.32 Å². The molecule has 0 spiro atoms. The Morgan fingerprint density at radius 1 is 1.32 bits per heavy atom. The van der Waals surface area contributed by atoms with Gasteiger partial charge in [0.25, 0.3) is 5.91 Å². The van der Waals surface area contributed by atoms with Crippen molar-refractivity contribution in [3.8, 4) is 0 Å². The van der Waals surface area contributed by atoms with Gasteiger partial charge in [-0.15, -0.1) is 23.1 Å². The standard InChI is InChI=1S/C15H16N2O3S2/c1-3-20-13(18)8-11-9-22-15(16-11)17-14(19)10-4-6-12(21-2)7-5-10/h4-7,9H,3,8H2,1-2H3,(H,16,17,19). The molecule has 1 aromatic carbocycles. The van der Waals surface area contributed by atoms with Crippen LogP contribution in [0.4, 0.5) is 5.13 Å². The van der Waals surface area contributed by atoms with E-state index in [0.29, 0.717) is 23.0 Å². The summed E-state index contributed by atoms with van der Waals surface area (Å²) in [6.45, 7) is 2.10. The average molecular weight is 336 g/mol. The number of esters is 1. The van der Waals surface area contributed by atoms with Gasteiger partial charge in [-0.05, 0) is 37.4 Å². The van der Waals surface area contributed by atoms with Crippen LogP contribution in [0.1, 0.15) is 23.0 Å². The van der Waals surface area contributed by atoms with Gasteiger partial charge >= 0.3 is 5.97 Å². The van der Waals surface area contributed by atoms with Gasteiger partial charge in [0, 0.05) is 15.8 Å². The van der Waals surface area contributed by atoms with Crippen LogP contribution in [0.25, 0.3) is 0 Å². The lowest BCUT2D eigenvalue weighted by Crippen LogP contribution is -2.12. The zero-order chi connectivity index (χ0) is 15.9. The number of hydrogen-bond acceptors (Lipinski definition) is 6. The van der Waals surface area contributed by atoms with Crippen molar-refractivity contribution in [3.63, 3.8) is 0 Å². The smallest absolute Gasteiger partial charge is 0.311 e. The van der Waals surface area contributed by atoms with E-state index < -0.39 is 0 Å². The Kier molecular flexibility index (Phi) is 5.97. The molecule has 1 aromatic heterocycles. The quantitative estimate of drug-likeness (QED) is 0.648. The molecule has 2 aromatic rings. The number of hydrogen-bond donors (Lipinski definition) is 1. The molecule has 0 aliphatic carbocycles. The summed E-state index contributed by atoms with van der Waals surface area (Å²) in [6, 6.07) is 7.34. The van der Waals surface area contributed by atoms with Gasteiger partial charge in [-0.25, -0.2) is 4.98 Å². The molecule has 7 heteroatoms. The van der Waals surface area contributed by atoms with E-state index in [1.54, 1.807) is 36.2 Å². The highest BCUT2D eigenvalue weighted by atomic mass is 32.2. The van der Waals surface area contributed by atoms with Crippen LogP contribution in [0.5, 0.6) is 0 Å². The maximum Gasteiger partial charge on any atom is 0.311 e. The number of thiazole rings is 1. The number of carbonyl (C=O) groups excluding carboxylic acids is 2. The first-order valence-electron chi connectivity index (χ1n) is 6.67. The SMILES string of the molecule is CCOC(=O)Cc1csc(NC(=O)c2ccc(SC)cc2)n1. The van der Waals surface area contributed by atoms with Crippen LogP contribution in [-0.4, -0.2) is 29.7 Å². The number of aromatic nitrogens is 1. The number of nitrogens with one attached hydrogen (secondary N) is 1. The molecule has 0 bridgehead atoms. The van der Waals surface area contributed by atoms with Gasteiger partial charge in [0.2, 0.25) is 0 Å². The van der Waals surface area contributed by atoms with Gasteiger partial charge in [0.1, 0.15) is 0 Å². The molecule has 0 aliphatic heterocycles. The first-order chi connectivity index (χ1) is 10.6. The van der Waals surface area contributed by atoms with Gasteiger partial charge in [-0.3, -0.25) is 14.9 Å². The Balaban J connectivity index is 1.96. The second kappa shape index (κ2) is 7.95. The third-order valence-corrected chi connectivity index (χ3v) is 4.31. The van der Waals surface area contributed by atoms with Crippen LogP contribution in [0.3, 0.4) is 0 Å². The zero-order valence-corrected chi connectivity index (χ0v) is 13.9. The van der Waals surface area contributed by atoms with Crippen LogP contribution in [0, 0.1) is 0 Å². The predicted octanol–water partition coefficient (Wildman–Crippen LogP) is 3.22. The van der Waals surface area contributed by atoms with Gasteiger partial charge in [0.15, 0.2) is 5.13 Å². The molecule has 1 N–H and O–H groups in total. The van der Waals surface area contributed by atoms with Crippen molar-refractivity contribution in [1.29, 1.82) is 0 Å². The monoisotopic (exact) mass is 336 g/mol. The molecule has 1 heterocycles. The molecule has 0 saturated carbocycles. The van der Waals surface area contributed by atoms with Crippen LogP contribution in [0.2, 0.25) is 0 Å². The third kappa shape index (κ3) is 4.57. The largest absolute Gasteiger partial charge is 0.466 e. The summed E-state index contributed by atoms with van der Waals surface area (Å²) in [5.74, 6) is -0.539. The molecule has 5 nitrogen and oxygen atoms in total. The highest BCUT2D eigenvalue weighted by molar-refractivity contribution is 7.98. The second-order valence-electron chi connectivity index (χ2n) is 4.31. The Hall–Kier alpha value is -1.86. The van der Waals surface area contributed by atoms with Crippen molar-refractivity contribution in [2.45, 2.75) is 18.2 Å². The van der Waals surface area contributed by atoms with Crippen LogP contribution in [0.15, 0.2) is 34.5 Å². The van der Waals surface area contributed by atoms with Gasteiger partial charge in [-0.2, -0.15) is 0 Å². The Bertz CT molecular complexity index is 653. The van der Waals surface area contributed by atoms with Crippen molar-refractivity contribution in [2.24, 2.45) is 0 Å². The molecule has 1 amide bonds. The lowest BCUT2D eigenvalue weighted by atomic mass is 10.2. The summed E-state index contributed by atoms with van der Waals surface area (Å²) < 4.78 is 4.86.